The average Bonchev–Trinajstić information content (AvgIpc) is 2.90. The number of para-hydroxylation sites is 1. The summed E-state index contributed by atoms with van der Waals surface area (Å²) in [6, 6.07) is 12.2. The fourth-order valence-electron chi connectivity index (χ4n) is 4.62. The van der Waals surface area contributed by atoms with E-state index in [4.69, 9.17) is 4.42 Å². The van der Waals surface area contributed by atoms with Crippen molar-refractivity contribution in [3.63, 3.8) is 0 Å². The summed E-state index contributed by atoms with van der Waals surface area (Å²) in [7, 11) is 0. The Bertz CT molecular complexity index is 1120. The molecular weight excluding hydrogens is 432 g/mol. The molecule has 0 amide bonds. The van der Waals surface area contributed by atoms with Crippen LogP contribution in [0.1, 0.15) is 11.1 Å². The van der Waals surface area contributed by atoms with E-state index in [0.717, 1.165) is 58.3 Å². The molecule has 0 saturated carbocycles. The zero-order valence-corrected chi connectivity index (χ0v) is 19.2. The predicted molar refractivity (Wildman–Crippen MR) is 130 cm³/mol. The lowest BCUT2D eigenvalue weighted by Crippen LogP contribution is -2.47. The van der Waals surface area contributed by atoms with E-state index in [-0.39, 0.29) is 5.75 Å². The third-order valence-electron chi connectivity index (χ3n) is 6.62. The monoisotopic (exact) mass is 462 g/mol. The maximum atomic E-state index is 12.4. The third-order valence-corrected chi connectivity index (χ3v) is 6.62. The normalized spacial score (nSPS) is 17.8. The Labute approximate surface area is 198 Å². The molecule has 1 N–H and O–H groups in total. The Kier molecular flexibility index (Phi) is 6.73. The molecule has 2 aliphatic heterocycles. The first kappa shape index (κ1) is 22.4. The van der Waals surface area contributed by atoms with E-state index in [2.05, 4.69) is 53.8 Å². The summed E-state index contributed by atoms with van der Waals surface area (Å²) in [4.78, 5) is 30.0. The summed E-state index contributed by atoms with van der Waals surface area (Å²) in [6.07, 6.45) is 4.89. The Morgan fingerprint density at radius 3 is 2.09 bits per heavy atom. The lowest BCUT2D eigenvalue weighted by atomic mass is 10.1. The summed E-state index contributed by atoms with van der Waals surface area (Å²) in [6.45, 7) is 7.57. The van der Waals surface area contributed by atoms with Crippen molar-refractivity contribution in [2.75, 3.05) is 62.2 Å². The van der Waals surface area contributed by atoms with E-state index < -0.39 is 5.63 Å². The van der Waals surface area contributed by atoms with Crippen molar-refractivity contribution in [2.24, 2.45) is 0 Å². The first-order chi connectivity index (χ1) is 16.7. The SMILES string of the molecule is O=c1occ(CN2CCN(c3ccccc3)CC2)c(O)c1CN1CCN(c2ncccn2)CC1. The van der Waals surface area contributed by atoms with Crippen molar-refractivity contribution in [3.05, 3.63) is 76.6 Å². The number of benzene rings is 1. The van der Waals surface area contributed by atoms with Gasteiger partial charge in [0.2, 0.25) is 5.95 Å². The maximum Gasteiger partial charge on any atom is 0.343 e. The van der Waals surface area contributed by atoms with Crippen LogP contribution in [0.2, 0.25) is 0 Å². The van der Waals surface area contributed by atoms with Crippen LogP contribution in [0.5, 0.6) is 5.75 Å². The molecule has 9 heteroatoms. The minimum Gasteiger partial charge on any atom is -0.507 e. The van der Waals surface area contributed by atoms with Crippen LogP contribution in [0, 0.1) is 0 Å². The highest BCUT2D eigenvalue weighted by atomic mass is 16.4. The molecule has 9 nitrogen and oxygen atoms in total. The van der Waals surface area contributed by atoms with Gasteiger partial charge in [0.05, 0.1) is 5.56 Å². The molecule has 0 aliphatic carbocycles. The fourth-order valence-corrected chi connectivity index (χ4v) is 4.62. The summed E-state index contributed by atoms with van der Waals surface area (Å²) in [5.74, 6) is 0.787. The zero-order chi connectivity index (χ0) is 23.3. The Morgan fingerprint density at radius 1 is 0.794 bits per heavy atom. The van der Waals surface area contributed by atoms with Gasteiger partial charge in [0.25, 0.3) is 0 Å². The van der Waals surface area contributed by atoms with Gasteiger partial charge in [-0.1, -0.05) is 18.2 Å². The molecule has 178 valence electrons. The number of aromatic hydroxyl groups is 1. The predicted octanol–water partition coefficient (Wildman–Crippen LogP) is 1.78. The van der Waals surface area contributed by atoms with Gasteiger partial charge in [-0.3, -0.25) is 9.80 Å². The quantitative estimate of drug-likeness (QED) is 0.589. The molecule has 0 unspecified atom stereocenters. The van der Waals surface area contributed by atoms with E-state index in [1.54, 1.807) is 18.5 Å². The molecule has 4 heterocycles. The number of nitrogens with zero attached hydrogens (tertiary/aromatic N) is 6. The van der Waals surface area contributed by atoms with Gasteiger partial charge >= 0.3 is 5.63 Å². The van der Waals surface area contributed by atoms with E-state index in [0.29, 0.717) is 24.2 Å². The first-order valence-corrected chi connectivity index (χ1v) is 11.8. The number of anilines is 2. The lowest BCUT2D eigenvalue weighted by Gasteiger charge is -2.36. The molecule has 0 spiro atoms. The van der Waals surface area contributed by atoms with Gasteiger partial charge < -0.3 is 19.3 Å². The van der Waals surface area contributed by atoms with Crippen LogP contribution < -0.4 is 15.4 Å². The Hall–Kier alpha value is -3.43. The standard InChI is InChI=1S/C25H30N6O3/c32-23-20(17-28-9-13-30(14-10-28)21-5-2-1-3-6-21)19-34-24(33)22(23)18-29-11-15-31(16-12-29)25-26-7-4-8-27-25/h1-8,19,32H,9-18H2. The zero-order valence-electron chi connectivity index (χ0n) is 19.2. The summed E-state index contributed by atoms with van der Waals surface area (Å²) >= 11 is 0. The van der Waals surface area contributed by atoms with Crippen molar-refractivity contribution in [1.82, 2.24) is 19.8 Å². The maximum absolute atomic E-state index is 12.4. The number of rotatable bonds is 6. The summed E-state index contributed by atoms with van der Waals surface area (Å²) in [5.41, 5.74) is 1.77. The second kappa shape index (κ2) is 10.2. The van der Waals surface area contributed by atoms with Gasteiger partial charge in [0, 0.05) is 89.1 Å². The van der Waals surface area contributed by atoms with Crippen molar-refractivity contribution in [2.45, 2.75) is 13.1 Å². The molecule has 34 heavy (non-hydrogen) atoms. The Morgan fingerprint density at radius 2 is 1.41 bits per heavy atom. The van der Waals surface area contributed by atoms with E-state index >= 15 is 0 Å². The number of aromatic nitrogens is 2. The van der Waals surface area contributed by atoms with Crippen LogP contribution in [0.15, 0.2) is 64.3 Å². The average molecular weight is 463 g/mol. The topological polar surface area (TPSA) is 89.2 Å². The van der Waals surface area contributed by atoms with Gasteiger partial charge in [0.15, 0.2) is 0 Å². The molecule has 5 rings (SSSR count). The smallest absolute Gasteiger partial charge is 0.343 e. The van der Waals surface area contributed by atoms with Crippen molar-refractivity contribution >= 4 is 11.6 Å². The van der Waals surface area contributed by atoms with Crippen LogP contribution in [0.4, 0.5) is 11.6 Å². The van der Waals surface area contributed by atoms with Crippen LogP contribution in [-0.2, 0) is 13.1 Å². The molecule has 0 bridgehead atoms. The molecule has 2 saturated heterocycles. The molecule has 3 aromatic rings. The Balaban J connectivity index is 1.19. The van der Waals surface area contributed by atoms with E-state index in [1.165, 1.54) is 12.0 Å². The van der Waals surface area contributed by atoms with Crippen LogP contribution >= 0.6 is 0 Å². The van der Waals surface area contributed by atoms with Crippen LogP contribution in [0.25, 0.3) is 0 Å². The molecule has 0 radical (unpaired) electrons. The molecule has 1 aromatic carbocycles. The highest BCUT2D eigenvalue weighted by Gasteiger charge is 2.24. The second-order valence-electron chi connectivity index (χ2n) is 8.79. The number of hydrogen-bond donors (Lipinski definition) is 1. The molecule has 2 aromatic heterocycles. The van der Waals surface area contributed by atoms with Crippen LogP contribution in [0.3, 0.4) is 0 Å². The van der Waals surface area contributed by atoms with Crippen molar-refractivity contribution in [1.29, 1.82) is 0 Å². The fraction of sp³-hybridized carbons (Fsp3) is 0.400. The van der Waals surface area contributed by atoms with Crippen molar-refractivity contribution < 1.29 is 9.52 Å². The first-order valence-electron chi connectivity index (χ1n) is 11.8. The lowest BCUT2D eigenvalue weighted by molar-refractivity contribution is 0.232. The number of hydrogen-bond acceptors (Lipinski definition) is 9. The highest BCUT2D eigenvalue weighted by Crippen LogP contribution is 2.24. The van der Waals surface area contributed by atoms with Gasteiger partial charge in [-0.15, -0.1) is 0 Å². The third kappa shape index (κ3) is 5.05. The van der Waals surface area contributed by atoms with E-state index in [9.17, 15) is 9.90 Å². The van der Waals surface area contributed by atoms with Crippen LogP contribution in [-0.4, -0.2) is 77.2 Å². The summed E-state index contributed by atoms with van der Waals surface area (Å²) < 4.78 is 5.32. The molecular formula is C25H30N6O3. The molecule has 2 aliphatic rings. The summed E-state index contributed by atoms with van der Waals surface area (Å²) in [5, 5.41) is 10.9. The minimum absolute atomic E-state index is 0.0653. The van der Waals surface area contributed by atoms with Crippen molar-refractivity contribution in [3.8, 4) is 5.75 Å². The number of piperazine rings is 2. The largest absolute Gasteiger partial charge is 0.507 e. The van der Waals surface area contributed by atoms with Gasteiger partial charge in [-0.25, -0.2) is 14.8 Å². The molecule has 0 atom stereocenters. The second-order valence-corrected chi connectivity index (χ2v) is 8.79. The van der Waals surface area contributed by atoms with Gasteiger partial charge in [-0.05, 0) is 18.2 Å². The van der Waals surface area contributed by atoms with Gasteiger partial charge in [-0.2, -0.15) is 0 Å². The molecule has 2 fully saturated rings. The highest BCUT2D eigenvalue weighted by molar-refractivity contribution is 5.46. The minimum atomic E-state index is -0.469. The van der Waals surface area contributed by atoms with E-state index in [1.807, 2.05) is 6.07 Å². The van der Waals surface area contributed by atoms with Gasteiger partial charge in [0.1, 0.15) is 12.0 Å².